The Bertz CT molecular complexity index is 508. The zero-order valence-electron chi connectivity index (χ0n) is 8.92. The van der Waals surface area contributed by atoms with Crippen molar-refractivity contribution < 1.29 is 4.74 Å². The lowest BCUT2D eigenvalue weighted by Crippen LogP contribution is -1.93. The molecule has 0 radical (unpaired) electrons. The predicted molar refractivity (Wildman–Crippen MR) is 59.4 cm³/mol. The Kier molecular flexibility index (Phi) is 2.88. The highest BCUT2D eigenvalue weighted by Crippen LogP contribution is 2.14. The maximum atomic E-state index is 8.56. The number of nitriles is 1. The molecule has 2 rings (SSSR count). The van der Waals surface area contributed by atoms with E-state index in [-0.39, 0.29) is 0 Å². The highest BCUT2D eigenvalue weighted by Gasteiger charge is 2.00. The third-order valence-electron chi connectivity index (χ3n) is 2.26. The van der Waals surface area contributed by atoms with Crippen LogP contribution in [0.4, 0.5) is 0 Å². The molecule has 80 valence electrons. The average molecular weight is 213 g/mol. The van der Waals surface area contributed by atoms with Gasteiger partial charge in [-0.1, -0.05) is 0 Å². The van der Waals surface area contributed by atoms with Gasteiger partial charge in [-0.25, -0.2) is 4.68 Å². The van der Waals surface area contributed by atoms with Gasteiger partial charge in [-0.05, 0) is 24.3 Å². The smallest absolute Gasteiger partial charge is 0.119 e. The molecule has 0 unspecified atom stereocenters. The number of hydrogen-bond acceptors (Lipinski definition) is 3. The van der Waals surface area contributed by atoms with Gasteiger partial charge in [-0.15, -0.1) is 0 Å². The van der Waals surface area contributed by atoms with Crippen molar-refractivity contribution in [2.24, 2.45) is 0 Å². The summed E-state index contributed by atoms with van der Waals surface area (Å²) in [5.74, 6) is 0.813. The molecule has 0 bridgehead atoms. The molecule has 16 heavy (non-hydrogen) atoms. The minimum absolute atomic E-state index is 0.385. The second-order valence-electron chi connectivity index (χ2n) is 3.33. The fourth-order valence-corrected chi connectivity index (χ4v) is 1.42. The highest BCUT2D eigenvalue weighted by molar-refractivity contribution is 5.37. The Morgan fingerprint density at radius 2 is 2.12 bits per heavy atom. The van der Waals surface area contributed by atoms with Gasteiger partial charge in [0.25, 0.3) is 0 Å². The van der Waals surface area contributed by atoms with E-state index in [1.807, 2.05) is 30.5 Å². The van der Waals surface area contributed by atoms with Gasteiger partial charge in [0.2, 0.25) is 0 Å². The predicted octanol–water partition coefficient (Wildman–Crippen LogP) is 1.95. The summed E-state index contributed by atoms with van der Waals surface area (Å²) in [4.78, 5) is 0. The fraction of sp³-hybridized carbons (Fsp3) is 0.167. The lowest BCUT2D eigenvalue weighted by atomic mass is 10.3. The zero-order valence-corrected chi connectivity index (χ0v) is 8.92. The van der Waals surface area contributed by atoms with Gasteiger partial charge >= 0.3 is 0 Å². The lowest BCUT2D eigenvalue weighted by molar-refractivity contribution is 0.414. The first-order valence-corrected chi connectivity index (χ1v) is 4.88. The van der Waals surface area contributed by atoms with Gasteiger partial charge in [0.15, 0.2) is 0 Å². The zero-order chi connectivity index (χ0) is 11.4. The van der Waals surface area contributed by atoms with Crippen LogP contribution >= 0.6 is 0 Å². The minimum Gasteiger partial charge on any atom is -0.497 e. The van der Waals surface area contributed by atoms with Crippen LogP contribution in [0.3, 0.4) is 0 Å². The number of benzene rings is 1. The summed E-state index contributed by atoms with van der Waals surface area (Å²) < 4.78 is 6.82. The fourth-order valence-electron chi connectivity index (χ4n) is 1.42. The van der Waals surface area contributed by atoms with Crippen molar-refractivity contribution in [2.45, 2.75) is 6.42 Å². The molecule has 0 atom stereocenters. The molecule has 0 aliphatic rings. The molecule has 1 aromatic carbocycles. The molecule has 0 aliphatic carbocycles. The Morgan fingerprint density at radius 3 is 2.75 bits per heavy atom. The number of methoxy groups -OCH3 is 1. The molecular formula is C12H11N3O. The molecule has 0 spiro atoms. The first-order valence-electron chi connectivity index (χ1n) is 4.88. The average Bonchev–Trinajstić information content (AvgIpc) is 2.78. The molecule has 2 aromatic rings. The third-order valence-corrected chi connectivity index (χ3v) is 2.26. The van der Waals surface area contributed by atoms with E-state index in [0.717, 1.165) is 17.0 Å². The summed E-state index contributed by atoms with van der Waals surface area (Å²) in [7, 11) is 1.63. The van der Waals surface area contributed by atoms with Crippen LogP contribution in [0, 0.1) is 11.3 Å². The van der Waals surface area contributed by atoms with Crippen molar-refractivity contribution in [3.05, 3.63) is 42.2 Å². The molecule has 1 heterocycles. The van der Waals surface area contributed by atoms with Gasteiger partial charge in [-0.2, -0.15) is 10.4 Å². The topological polar surface area (TPSA) is 50.8 Å². The van der Waals surface area contributed by atoms with Crippen molar-refractivity contribution in [1.29, 1.82) is 5.26 Å². The normalized spacial score (nSPS) is 9.75. The maximum Gasteiger partial charge on any atom is 0.119 e. The Hall–Kier alpha value is -2.28. The van der Waals surface area contributed by atoms with E-state index in [2.05, 4.69) is 11.2 Å². The third kappa shape index (κ3) is 2.04. The molecule has 1 aromatic heterocycles. The van der Waals surface area contributed by atoms with Crippen LogP contribution < -0.4 is 4.74 Å². The minimum atomic E-state index is 0.385. The van der Waals surface area contributed by atoms with E-state index in [1.165, 1.54) is 0 Å². The molecule has 0 saturated carbocycles. The van der Waals surface area contributed by atoms with Gasteiger partial charge in [0.1, 0.15) is 5.75 Å². The second kappa shape index (κ2) is 4.49. The number of hydrogen-bond donors (Lipinski definition) is 0. The quantitative estimate of drug-likeness (QED) is 0.783. The number of rotatable bonds is 3. The number of nitrogens with zero attached hydrogens (tertiary/aromatic N) is 3. The highest BCUT2D eigenvalue weighted by atomic mass is 16.5. The van der Waals surface area contributed by atoms with E-state index in [1.54, 1.807) is 18.0 Å². The van der Waals surface area contributed by atoms with Gasteiger partial charge in [0.05, 0.1) is 31.5 Å². The monoisotopic (exact) mass is 213 g/mol. The molecule has 4 heteroatoms. The van der Waals surface area contributed by atoms with Crippen LogP contribution in [0.5, 0.6) is 5.75 Å². The van der Waals surface area contributed by atoms with E-state index < -0.39 is 0 Å². The van der Waals surface area contributed by atoms with Crippen molar-refractivity contribution in [2.75, 3.05) is 7.11 Å². The first kappa shape index (κ1) is 10.2. The Morgan fingerprint density at radius 1 is 1.38 bits per heavy atom. The molecule has 0 N–H and O–H groups in total. The summed E-state index contributed by atoms with van der Waals surface area (Å²) in [6.07, 6.45) is 3.94. The van der Waals surface area contributed by atoms with Crippen LogP contribution in [0.1, 0.15) is 5.56 Å². The summed E-state index contributed by atoms with van der Waals surface area (Å²) in [6.45, 7) is 0. The van der Waals surface area contributed by atoms with E-state index in [0.29, 0.717) is 6.42 Å². The van der Waals surface area contributed by atoms with Crippen molar-refractivity contribution in [1.82, 2.24) is 9.78 Å². The van der Waals surface area contributed by atoms with Crippen LogP contribution in [0.25, 0.3) is 5.69 Å². The van der Waals surface area contributed by atoms with Gasteiger partial charge < -0.3 is 4.74 Å². The van der Waals surface area contributed by atoms with E-state index in [4.69, 9.17) is 10.00 Å². The summed E-state index contributed by atoms with van der Waals surface area (Å²) in [5, 5.41) is 12.7. The van der Waals surface area contributed by atoms with Crippen LogP contribution in [-0.4, -0.2) is 16.9 Å². The number of aromatic nitrogens is 2. The van der Waals surface area contributed by atoms with Crippen molar-refractivity contribution in [3.63, 3.8) is 0 Å². The molecule has 0 saturated heterocycles. The standard InChI is InChI=1S/C12H11N3O/c1-16-12-4-2-11(3-5-12)15-9-10(6-7-13)8-14-15/h2-5,8-9H,6H2,1H3. The second-order valence-corrected chi connectivity index (χ2v) is 3.33. The maximum absolute atomic E-state index is 8.56. The van der Waals surface area contributed by atoms with Gasteiger partial charge in [0, 0.05) is 11.8 Å². The Balaban J connectivity index is 2.25. The van der Waals surface area contributed by atoms with Crippen LogP contribution in [-0.2, 0) is 6.42 Å². The molecule has 0 fully saturated rings. The van der Waals surface area contributed by atoms with Crippen molar-refractivity contribution in [3.8, 4) is 17.5 Å². The lowest BCUT2D eigenvalue weighted by Gasteiger charge is -2.02. The summed E-state index contributed by atoms with van der Waals surface area (Å²) >= 11 is 0. The summed E-state index contributed by atoms with van der Waals surface area (Å²) in [5.41, 5.74) is 1.86. The molecular weight excluding hydrogens is 202 g/mol. The summed E-state index contributed by atoms with van der Waals surface area (Å²) in [6, 6.07) is 9.68. The van der Waals surface area contributed by atoms with Gasteiger partial charge in [-0.3, -0.25) is 0 Å². The van der Waals surface area contributed by atoms with Crippen LogP contribution in [0.15, 0.2) is 36.7 Å². The molecule has 4 nitrogen and oxygen atoms in total. The van der Waals surface area contributed by atoms with E-state index >= 15 is 0 Å². The molecule has 0 amide bonds. The Labute approximate surface area is 93.7 Å². The van der Waals surface area contributed by atoms with Crippen LogP contribution in [0.2, 0.25) is 0 Å². The largest absolute Gasteiger partial charge is 0.497 e. The first-order chi connectivity index (χ1) is 7.83. The molecule has 0 aliphatic heterocycles. The van der Waals surface area contributed by atoms with E-state index in [9.17, 15) is 0 Å². The van der Waals surface area contributed by atoms with Crippen molar-refractivity contribution >= 4 is 0 Å². The number of ether oxygens (including phenoxy) is 1. The SMILES string of the molecule is COc1ccc(-n2cc(CC#N)cn2)cc1.